The van der Waals surface area contributed by atoms with E-state index >= 15 is 0 Å². The number of hydrogen-bond donors (Lipinski definition) is 4. The number of aryl methyl sites for hydroxylation is 2. The van der Waals surface area contributed by atoms with Crippen molar-refractivity contribution in [1.82, 2.24) is 15.3 Å². The number of alkyl halides is 3. The molecule has 0 unspecified atom stereocenters. The lowest BCUT2D eigenvalue weighted by Crippen LogP contribution is -2.40. The maximum Gasteiger partial charge on any atom is 0.573 e. The predicted molar refractivity (Wildman–Crippen MR) is 155 cm³/mol. The molecule has 0 saturated heterocycles. The normalized spacial score (nSPS) is 16.7. The first kappa shape index (κ1) is 30.4. The number of ether oxygens (including phenoxy) is 1. The zero-order chi connectivity index (χ0) is 30.4. The molecule has 1 aliphatic carbocycles. The minimum absolute atomic E-state index is 0.0375. The summed E-state index contributed by atoms with van der Waals surface area (Å²) in [4.78, 5) is 36.9. The van der Waals surface area contributed by atoms with E-state index in [-0.39, 0.29) is 23.7 Å². The van der Waals surface area contributed by atoms with Crippen molar-refractivity contribution in [1.29, 1.82) is 0 Å². The van der Waals surface area contributed by atoms with Gasteiger partial charge in [-0.25, -0.2) is 9.78 Å². The Labute approximate surface area is 242 Å². The van der Waals surface area contributed by atoms with E-state index in [4.69, 9.17) is 0 Å². The van der Waals surface area contributed by atoms with Crippen molar-refractivity contribution in [2.24, 2.45) is 0 Å². The zero-order valence-corrected chi connectivity index (χ0v) is 23.8. The van der Waals surface area contributed by atoms with E-state index in [1.165, 1.54) is 12.1 Å². The van der Waals surface area contributed by atoms with E-state index < -0.39 is 18.1 Å². The molecule has 1 saturated carbocycles. The highest BCUT2D eigenvalue weighted by atomic mass is 19.4. The summed E-state index contributed by atoms with van der Waals surface area (Å²) in [5.74, 6) is 0.680. The molecule has 1 aliphatic rings. The molecule has 4 N–H and O–H groups in total. The number of carbonyl (C=O) groups excluding carboxylic acids is 2. The highest BCUT2D eigenvalue weighted by Crippen LogP contribution is 2.27. The molecule has 1 heterocycles. The summed E-state index contributed by atoms with van der Waals surface area (Å²) >= 11 is 0. The summed E-state index contributed by atoms with van der Waals surface area (Å²) in [6.45, 7) is 3.65. The van der Waals surface area contributed by atoms with Gasteiger partial charge in [0.05, 0.1) is 11.3 Å². The first-order chi connectivity index (χ1) is 19.9. The van der Waals surface area contributed by atoms with Crippen LogP contribution in [0.4, 0.5) is 41.1 Å². The number of nitrogens with one attached hydrogen (secondary N) is 4. The smallest absolute Gasteiger partial charge is 0.406 e. The van der Waals surface area contributed by atoms with Crippen molar-refractivity contribution in [3.63, 3.8) is 0 Å². The van der Waals surface area contributed by atoms with Gasteiger partial charge < -0.3 is 30.9 Å². The molecule has 3 amide bonds. The molecule has 224 valence electrons. The summed E-state index contributed by atoms with van der Waals surface area (Å²) in [6, 6.07) is 9.66. The molecule has 13 heteroatoms. The number of amides is 3. The third kappa shape index (κ3) is 8.48. The van der Waals surface area contributed by atoms with Gasteiger partial charge >= 0.3 is 12.4 Å². The van der Waals surface area contributed by atoms with Crippen LogP contribution in [0.5, 0.6) is 5.75 Å². The highest BCUT2D eigenvalue weighted by Gasteiger charge is 2.31. The molecule has 42 heavy (non-hydrogen) atoms. The lowest BCUT2D eigenvalue weighted by atomic mass is 9.91. The molecule has 0 atom stereocenters. The second-order valence-electron chi connectivity index (χ2n) is 10.5. The number of hydrogen-bond acceptors (Lipinski definition) is 7. The molecule has 0 radical (unpaired) electrons. The van der Waals surface area contributed by atoms with Crippen molar-refractivity contribution in [3.8, 4) is 5.75 Å². The molecule has 0 bridgehead atoms. The van der Waals surface area contributed by atoms with Gasteiger partial charge in [0.2, 0.25) is 5.95 Å². The van der Waals surface area contributed by atoms with E-state index in [0.29, 0.717) is 22.8 Å². The van der Waals surface area contributed by atoms with Crippen molar-refractivity contribution in [2.75, 3.05) is 34.9 Å². The second-order valence-corrected chi connectivity index (χ2v) is 10.5. The average molecular weight is 586 g/mol. The molecule has 1 aromatic heterocycles. The Balaban J connectivity index is 1.35. The topological polar surface area (TPSA) is 121 Å². The Bertz CT molecular complexity index is 1410. The van der Waals surface area contributed by atoms with Gasteiger partial charge in [0.15, 0.2) is 0 Å². The molecular weight excluding hydrogens is 551 g/mol. The Morgan fingerprint density at radius 1 is 0.952 bits per heavy atom. The second kappa shape index (κ2) is 13.0. The van der Waals surface area contributed by atoms with Crippen molar-refractivity contribution < 1.29 is 27.5 Å². The van der Waals surface area contributed by atoms with E-state index in [0.717, 1.165) is 49.2 Å². The van der Waals surface area contributed by atoms with E-state index in [1.807, 2.05) is 38.1 Å². The van der Waals surface area contributed by atoms with Gasteiger partial charge in [0.25, 0.3) is 5.91 Å². The monoisotopic (exact) mass is 585 g/mol. The Morgan fingerprint density at radius 2 is 1.62 bits per heavy atom. The number of nitrogens with zero attached hydrogens (tertiary/aromatic N) is 3. The lowest BCUT2D eigenvalue weighted by molar-refractivity contribution is -0.274. The maximum absolute atomic E-state index is 13.4. The van der Waals surface area contributed by atoms with Crippen LogP contribution in [-0.2, 0) is 0 Å². The van der Waals surface area contributed by atoms with Gasteiger partial charge in [-0.05, 0) is 87.1 Å². The Hall–Kier alpha value is -4.55. The van der Waals surface area contributed by atoms with Gasteiger partial charge in [0, 0.05) is 38.1 Å². The third-order valence-corrected chi connectivity index (χ3v) is 6.80. The van der Waals surface area contributed by atoms with Crippen LogP contribution in [-0.4, -0.2) is 54.4 Å². The zero-order valence-electron chi connectivity index (χ0n) is 23.8. The first-order valence-electron chi connectivity index (χ1n) is 13.5. The van der Waals surface area contributed by atoms with Crippen LogP contribution in [0.1, 0.15) is 47.2 Å². The largest absolute Gasteiger partial charge is 0.573 e. The van der Waals surface area contributed by atoms with E-state index in [2.05, 4.69) is 36.0 Å². The average Bonchev–Trinajstić information content (AvgIpc) is 2.91. The van der Waals surface area contributed by atoms with Crippen LogP contribution >= 0.6 is 0 Å². The van der Waals surface area contributed by atoms with Crippen LogP contribution in [0.25, 0.3) is 0 Å². The summed E-state index contributed by atoms with van der Waals surface area (Å²) in [5, 5.41) is 11.8. The van der Waals surface area contributed by atoms with Crippen molar-refractivity contribution in [2.45, 2.75) is 58.0 Å². The number of aromatic nitrogens is 2. The highest BCUT2D eigenvalue weighted by molar-refractivity contribution is 6.07. The van der Waals surface area contributed by atoms with Crippen molar-refractivity contribution in [3.05, 3.63) is 65.4 Å². The molecular formula is C29H34F3N7O3. The summed E-state index contributed by atoms with van der Waals surface area (Å²) in [5.41, 5.74) is 2.47. The summed E-state index contributed by atoms with van der Waals surface area (Å²) < 4.78 is 41.1. The van der Waals surface area contributed by atoms with Gasteiger partial charge in [-0.15, -0.1) is 13.2 Å². The lowest BCUT2D eigenvalue weighted by Gasteiger charge is -2.30. The quantitative estimate of drug-likeness (QED) is 0.262. The molecule has 0 spiro atoms. The van der Waals surface area contributed by atoms with Crippen LogP contribution < -0.4 is 30.9 Å². The number of benzene rings is 2. The fourth-order valence-corrected chi connectivity index (χ4v) is 4.82. The number of halogens is 3. The van der Waals surface area contributed by atoms with Gasteiger partial charge in [-0.1, -0.05) is 6.07 Å². The van der Waals surface area contributed by atoms with Crippen LogP contribution in [0.2, 0.25) is 0 Å². The molecule has 1 fully saturated rings. The van der Waals surface area contributed by atoms with Gasteiger partial charge in [-0.2, -0.15) is 4.98 Å². The molecule has 4 rings (SSSR count). The number of carbonyl (C=O) groups is 2. The van der Waals surface area contributed by atoms with Crippen LogP contribution in [0.15, 0.2) is 48.7 Å². The summed E-state index contributed by atoms with van der Waals surface area (Å²) in [7, 11) is 3.84. The molecule has 2 aromatic carbocycles. The van der Waals surface area contributed by atoms with E-state index in [1.54, 1.807) is 19.2 Å². The standard InChI is InChI=1S/C29H34F3N7O3/c1-17-15-18(2)25(38-28(41)36-21-9-11-22(12-10-21)42-29(30,31)32)23(16-17)26(40)34-19-5-7-20(8-6-19)35-27-33-14-13-24(37-27)39(3)4/h9-16,19-20H,5-8H2,1-4H3,(H,34,40)(H,33,35,37)(H2,36,38,41)/t19-,20+. The Kier molecular flexibility index (Phi) is 9.38. The number of anilines is 4. The fourth-order valence-electron chi connectivity index (χ4n) is 4.82. The van der Waals surface area contributed by atoms with Gasteiger partial charge in [-0.3, -0.25) is 4.79 Å². The van der Waals surface area contributed by atoms with E-state index in [9.17, 15) is 22.8 Å². The minimum Gasteiger partial charge on any atom is -0.406 e. The Morgan fingerprint density at radius 3 is 2.26 bits per heavy atom. The summed E-state index contributed by atoms with van der Waals surface area (Å²) in [6.07, 6.45) is 0.0878. The van der Waals surface area contributed by atoms with Crippen molar-refractivity contribution >= 4 is 35.1 Å². The fraction of sp³-hybridized carbons (Fsp3) is 0.379. The number of rotatable bonds is 8. The molecule has 3 aromatic rings. The molecule has 10 nitrogen and oxygen atoms in total. The SMILES string of the molecule is Cc1cc(C)c(NC(=O)Nc2ccc(OC(F)(F)F)cc2)c(C(=O)N[C@H]2CC[C@@H](Nc3nccc(N(C)C)n3)CC2)c1. The molecule has 0 aliphatic heterocycles. The first-order valence-corrected chi connectivity index (χ1v) is 13.5. The number of urea groups is 1. The maximum atomic E-state index is 13.4. The predicted octanol–water partition coefficient (Wildman–Crippen LogP) is 5.86. The van der Waals surface area contributed by atoms with Crippen LogP contribution in [0, 0.1) is 13.8 Å². The van der Waals surface area contributed by atoms with Crippen LogP contribution in [0.3, 0.4) is 0 Å². The van der Waals surface area contributed by atoms with Gasteiger partial charge in [0.1, 0.15) is 11.6 Å². The third-order valence-electron chi connectivity index (χ3n) is 6.80. The minimum atomic E-state index is -4.81.